The summed E-state index contributed by atoms with van der Waals surface area (Å²) in [6.07, 6.45) is 4.51. The minimum atomic E-state index is 0.167. The van der Waals surface area contributed by atoms with E-state index in [1.807, 2.05) is 13.2 Å². The predicted molar refractivity (Wildman–Crippen MR) is 61.0 cm³/mol. The molecule has 6 nitrogen and oxygen atoms in total. The quantitative estimate of drug-likeness (QED) is 0.824. The van der Waals surface area contributed by atoms with E-state index in [4.69, 9.17) is 0 Å². The van der Waals surface area contributed by atoms with Crippen molar-refractivity contribution < 1.29 is 0 Å². The topological polar surface area (TPSA) is 68.5 Å². The zero-order chi connectivity index (χ0) is 11.4. The van der Waals surface area contributed by atoms with Crippen molar-refractivity contribution in [2.24, 2.45) is 7.05 Å². The summed E-state index contributed by atoms with van der Waals surface area (Å²) in [4.78, 5) is 0. The Morgan fingerprint density at radius 1 is 1.56 bits per heavy atom. The summed E-state index contributed by atoms with van der Waals surface area (Å²) >= 11 is 1.23. The third-order valence-electron chi connectivity index (χ3n) is 2.25. The Balaban J connectivity index is 2.09. The molecule has 2 aromatic rings. The molecule has 0 saturated heterocycles. The lowest BCUT2D eigenvalue weighted by atomic mass is 10.1. The molecule has 7 heteroatoms. The lowest BCUT2D eigenvalue weighted by Gasteiger charge is -2.12. The second-order valence-corrected chi connectivity index (χ2v) is 4.09. The molecule has 1 unspecified atom stereocenters. The molecule has 0 aliphatic rings. The fourth-order valence-electron chi connectivity index (χ4n) is 1.55. The highest BCUT2D eigenvalue weighted by Gasteiger charge is 2.15. The fraction of sp³-hybridized carbons (Fsp3) is 0.556. The van der Waals surface area contributed by atoms with Crippen molar-refractivity contribution in [1.29, 1.82) is 0 Å². The van der Waals surface area contributed by atoms with Gasteiger partial charge in [0.1, 0.15) is 0 Å². The van der Waals surface area contributed by atoms with E-state index < -0.39 is 0 Å². The van der Waals surface area contributed by atoms with Crippen molar-refractivity contribution in [2.75, 3.05) is 6.54 Å². The molecule has 0 fully saturated rings. The van der Waals surface area contributed by atoms with Crippen LogP contribution < -0.4 is 5.32 Å². The van der Waals surface area contributed by atoms with E-state index >= 15 is 0 Å². The van der Waals surface area contributed by atoms with Gasteiger partial charge in [0, 0.05) is 19.7 Å². The number of hydrogen-bond acceptors (Lipinski definition) is 6. The molecular weight excluding hydrogens is 224 g/mol. The number of aromatic nitrogens is 5. The SMILES string of the molecule is CCNC(Cc1cn(C)nn1)c1cnsn1. The van der Waals surface area contributed by atoms with Crippen molar-refractivity contribution in [2.45, 2.75) is 19.4 Å². The Morgan fingerprint density at radius 2 is 2.44 bits per heavy atom. The maximum absolute atomic E-state index is 4.25. The van der Waals surface area contributed by atoms with Gasteiger partial charge in [-0.05, 0) is 6.54 Å². The average Bonchev–Trinajstić information content (AvgIpc) is 2.88. The van der Waals surface area contributed by atoms with Crippen LogP contribution in [0.1, 0.15) is 24.4 Å². The van der Waals surface area contributed by atoms with Crippen molar-refractivity contribution in [3.8, 4) is 0 Å². The van der Waals surface area contributed by atoms with Gasteiger partial charge in [0.2, 0.25) is 0 Å². The molecular formula is C9H14N6S. The molecule has 0 aliphatic heterocycles. The van der Waals surface area contributed by atoms with Crippen molar-refractivity contribution in [1.82, 2.24) is 29.1 Å². The second kappa shape index (κ2) is 5.13. The minimum absolute atomic E-state index is 0.167. The van der Waals surface area contributed by atoms with E-state index in [-0.39, 0.29) is 6.04 Å². The van der Waals surface area contributed by atoms with Gasteiger partial charge in [0.15, 0.2) is 0 Å². The van der Waals surface area contributed by atoms with Gasteiger partial charge in [-0.15, -0.1) is 5.10 Å². The van der Waals surface area contributed by atoms with E-state index in [1.54, 1.807) is 10.9 Å². The first kappa shape index (κ1) is 11.2. The summed E-state index contributed by atoms with van der Waals surface area (Å²) in [6.45, 7) is 2.96. The Kier molecular flexibility index (Phi) is 3.58. The first-order valence-corrected chi connectivity index (χ1v) is 5.88. The average molecular weight is 238 g/mol. The van der Waals surface area contributed by atoms with Crippen LogP contribution in [0.25, 0.3) is 0 Å². The van der Waals surface area contributed by atoms with Crippen LogP contribution >= 0.6 is 11.7 Å². The summed E-state index contributed by atoms with van der Waals surface area (Å²) in [7, 11) is 1.86. The number of aryl methyl sites for hydroxylation is 1. The molecule has 0 amide bonds. The number of nitrogens with zero attached hydrogens (tertiary/aromatic N) is 5. The Labute approximate surface area is 98.0 Å². The number of rotatable bonds is 5. The van der Waals surface area contributed by atoms with Crippen LogP contribution in [-0.4, -0.2) is 30.3 Å². The summed E-state index contributed by atoms with van der Waals surface area (Å²) < 4.78 is 9.98. The van der Waals surface area contributed by atoms with Crippen LogP contribution in [-0.2, 0) is 13.5 Å². The lowest BCUT2D eigenvalue weighted by Crippen LogP contribution is -2.23. The number of hydrogen-bond donors (Lipinski definition) is 1. The summed E-state index contributed by atoms with van der Waals surface area (Å²) in [5.74, 6) is 0. The van der Waals surface area contributed by atoms with Crippen LogP contribution in [0.3, 0.4) is 0 Å². The molecule has 0 bridgehead atoms. The lowest BCUT2D eigenvalue weighted by molar-refractivity contribution is 0.534. The molecule has 1 N–H and O–H groups in total. The van der Waals surface area contributed by atoms with Gasteiger partial charge < -0.3 is 5.32 Å². The minimum Gasteiger partial charge on any atom is -0.308 e. The molecule has 0 saturated carbocycles. The largest absolute Gasteiger partial charge is 0.308 e. The third kappa shape index (κ3) is 2.61. The summed E-state index contributed by atoms with van der Waals surface area (Å²) in [5.41, 5.74) is 1.93. The Bertz CT molecular complexity index is 423. The molecule has 2 heterocycles. The molecule has 16 heavy (non-hydrogen) atoms. The van der Waals surface area contributed by atoms with Crippen molar-refractivity contribution in [3.63, 3.8) is 0 Å². The zero-order valence-electron chi connectivity index (χ0n) is 9.29. The van der Waals surface area contributed by atoms with Gasteiger partial charge in [-0.1, -0.05) is 12.1 Å². The van der Waals surface area contributed by atoms with Crippen LogP contribution in [0.4, 0.5) is 0 Å². The first-order chi connectivity index (χ1) is 7.79. The van der Waals surface area contributed by atoms with Crippen LogP contribution in [0.15, 0.2) is 12.4 Å². The van der Waals surface area contributed by atoms with Gasteiger partial charge in [0.25, 0.3) is 0 Å². The predicted octanol–water partition coefficient (Wildman–Crippen LogP) is 0.560. The van der Waals surface area contributed by atoms with E-state index in [1.165, 1.54) is 11.7 Å². The summed E-state index contributed by atoms with van der Waals surface area (Å²) in [6, 6.07) is 0.167. The molecule has 0 aromatic carbocycles. The highest BCUT2D eigenvalue weighted by molar-refractivity contribution is 6.99. The molecule has 0 radical (unpaired) electrons. The molecule has 2 aromatic heterocycles. The first-order valence-electron chi connectivity index (χ1n) is 5.15. The number of nitrogens with one attached hydrogen (secondary N) is 1. The third-order valence-corrected chi connectivity index (χ3v) is 2.74. The maximum Gasteiger partial charge on any atom is 0.0916 e. The molecule has 2 rings (SSSR count). The van der Waals surface area contributed by atoms with E-state index in [9.17, 15) is 0 Å². The van der Waals surface area contributed by atoms with Gasteiger partial charge in [-0.25, -0.2) is 0 Å². The van der Waals surface area contributed by atoms with E-state index in [0.717, 1.165) is 24.4 Å². The van der Waals surface area contributed by atoms with Gasteiger partial charge in [-0.2, -0.15) is 8.75 Å². The summed E-state index contributed by atoms with van der Waals surface area (Å²) in [5, 5.41) is 11.4. The standard InChI is InChI=1S/C9H14N6S/c1-3-10-8(9-5-11-16-13-9)4-7-6-15(2)14-12-7/h5-6,8,10H,3-4H2,1-2H3. The van der Waals surface area contributed by atoms with Gasteiger partial charge >= 0.3 is 0 Å². The van der Waals surface area contributed by atoms with Gasteiger partial charge in [-0.3, -0.25) is 4.68 Å². The highest BCUT2D eigenvalue weighted by Crippen LogP contribution is 2.15. The monoisotopic (exact) mass is 238 g/mol. The van der Waals surface area contributed by atoms with E-state index in [0.29, 0.717) is 0 Å². The van der Waals surface area contributed by atoms with Crippen LogP contribution in [0.5, 0.6) is 0 Å². The number of likely N-dealkylation sites (N-methyl/N-ethyl adjacent to an activating group) is 1. The fourth-order valence-corrected chi connectivity index (χ4v) is 2.02. The van der Waals surface area contributed by atoms with Crippen molar-refractivity contribution in [3.05, 3.63) is 23.8 Å². The Hall–Kier alpha value is -1.34. The highest BCUT2D eigenvalue weighted by atomic mass is 32.1. The van der Waals surface area contributed by atoms with Gasteiger partial charge in [0.05, 0.1) is 35.4 Å². The van der Waals surface area contributed by atoms with Crippen LogP contribution in [0.2, 0.25) is 0 Å². The second-order valence-electron chi connectivity index (χ2n) is 3.53. The maximum atomic E-state index is 4.25. The van der Waals surface area contributed by atoms with Crippen molar-refractivity contribution >= 4 is 11.7 Å². The molecule has 0 aliphatic carbocycles. The zero-order valence-corrected chi connectivity index (χ0v) is 10.1. The molecule has 1 atom stereocenters. The van der Waals surface area contributed by atoms with E-state index in [2.05, 4.69) is 31.3 Å². The molecule has 0 spiro atoms. The Morgan fingerprint density at radius 3 is 3.00 bits per heavy atom. The van der Waals surface area contributed by atoms with Crippen LogP contribution in [0, 0.1) is 0 Å². The normalized spacial score (nSPS) is 12.9. The molecule has 86 valence electrons. The smallest absolute Gasteiger partial charge is 0.0916 e.